The van der Waals surface area contributed by atoms with Crippen molar-refractivity contribution in [2.45, 2.75) is 19.9 Å². The Morgan fingerprint density at radius 3 is 2.84 bits per heavy atom. The van der Waals surface area contributed by atoms with E-state index in [-0.39, 0.29) is 18.1 Å². The zero-order valence-electron chi connectivity index (χ0n) is 10.7. The van der Waals surface area contributed by atoms with Gasteiger partial charge in [0.15, 0.2) is 0 Å². The summed E-state index contributed by atoms with van der Waals surface area (Å²) in [7, 11) is 0. The molecule has 1 aromatic heterocycles. The lowest BCUT2D eigenvalue weighted by molar-refractivity contribution is 0.0695. The molecule has 1 aliphatic rings. The van der Waals surface area contributed by atoms with Crippen molar-refractivity contribution < 1.29 is 19.1 Å². The Balaban J connectivity index is 1.91. The van der Waals surface area contributed by atoms with Crippen LogP contribution in [0, 0.1) is 6.92 Å². The average Bonchev–Trinajstić information content (AvgIpc) is 2.78. The third-order valence-electron chi connectivity index (χ3n) is 2.96. The van der Waals surface area contributed by atoms with E-state index < -0.39 is 5.97 Å². The van der Waals surface area contributed by atoms with Gasteiger partial charge in [0.2, 0.25) is 0 Å². The van der Waals surface area contributed by atoms with Crippen LogP contribution in [0.15, 0.2) is 22.6 Å². The highest BCUT2D eigenvalue weighted by Crippen LogP contribution is 2.14. The first-order valence-electron chi connectivity index (χ1n) is 6.08. The smallest absolute Gasteiger partial charge is 0.339 e. The first kappa shape index (κ1) is 13.2. The molecule has 6 nitrogen and oxygen atoms in total. The summed E-state index contributed by atoms with van der Waals surface area (Å²) in [5.41, 5.74) is 0.130. The Hall–Kier alpha value is -2.24. The minimum absolute atomic E-state index is 0.130. The van der Waals surface area contributed by atoms with Crippen LogP contribution in [-0.4, -0.2) is 35.1 Å². The molecular formula is C13H16N2O4. The van der Waals surface area contributed by atoms with E-state index in [4.69, 9.17) is 9.52 Å². The maximum atomic E-state index is 11.8. The molecule has 0 aliphatic carbocycles. The van der Waals surface area contributed by atoms with Gasteiger partial charge in [0.05, 0.1) is 6.54 Å². The number of carboxylic acids is 1. The van der Waals surface area contributed by atoms with Crippen molar-refractivity contribution >= 4 is 12.0 Å². The second-order valence-corrected chi connectivity index (χ2v) is 4.35. The van der Waals surface area contributed by atoms with Crippen molar-refractivity contribution in [3.8, 4) is 0 Å². The number of urea groups is 1. The second kappa shape index (κ2) is 5.60. The van der Waals surface area contributed by atoms with E-state index in [1.54, 1.807) is 11.8 Å². The van der Waals surface area contributed by atoms with Crippen LogP contribution in [0.5, 0.6) is 0 Å². The number of aryl methyl sites for hydroxylation is 1. The third kappa shape index (κ3) is 3.15. The molecule has 0 saturated carbocycles. The van der Waals surface area contributed by atoms with E-state index >= 15 is 0 Å². The molecular weight excluding hydrogens is 248 g/mol. The monoisotopic (exact) mass is 264 g/mol. The molecule has 1 aliphatic heterocycles. The van der Waals surface area contributed by atoms with E-state index in [1.807, 2.05) is 12.2 Å². The minimum atomic E-state index is -1.03. The molecule has 0 radical (unpaired) electrons. The first-order chi connectivity index (χ1) is 9.08. The summed E-state index contributed by atoms with van der Waals surface area (Å²) in [6, 6.07) is 1.27. The zero-order valence-corrected chi connectivity index (χ0v) is 10.7. The van der Waals surface area contributed by atoms with Crippen molar-refractivity contribution in [3.63, 3.8) is 0 Å². The minimum Gasteiger partial charge on any atom is -0.478 e. The summed E-state index contributed by atoms with van der Waals surface area (Å²) in [6.07, 6.45) is 4.85. The molecule has 1 aromatic rings. The molecule has 2 rings (SSSR count). The maximum Gasteiger partial charge on any atom is 0.339 e. The normalized spacial score (nSPS) is 14.5. The Labute approximate surface area is 110 Å². The third-order valence-corrected chi connectivity index (χ3v) is 2.96. The molecule has 6 heteroatoms. The number of carboxylic acid groups (broad SMARTS) is 1. The Kier molecular flexibility index (Phi) is 3.89. The Morgan fingerprint density at radius 2 is 2.26 bits per heavy atom. The summed E-state index contributed by atoms with van der Waals surface area (Å²) in [5.74, 6) is -0.242. The molecule has 0 atom stereocenters. The van der Waals surface area contributed by atoms with Gasteiger partial charge in [-0.05, 0) is 19.4 Å². The summed E-state index contributed by atoms with van der Waals surface area (Å²) in [6.45, 7) is 3.07. The molecule has 0 unspecified atom stereocenters. The van der Waals surface area contributed by atoms with Crippen LogP contribution < -0.4 is 5.32 Å². The quantitative estimate of drug-likeness (QED) is 0.815. The lowest BCUT2D eigenvalue weighted by Crippen LogP contribution is -2.41. The maximum absolute atomic E-state index is 11.8. The fourth-order valence-electron chi connectivity index (χ4n) is 1.94. The topological polar surface area (TPSA) is 82.8 Å². The van der Waals surface area contributed by atoms with Gasteiger partial charge in [-0.15, -0.1) is 0 Å². The van der Waals surface area contributed by atoms with Crippen molar-refractivity contribution in [2.75, 3.05) is 13.1 Å². The van der Waals surface area contributed by atoms with Crippen molar-refractivity contribution in [2.24, 2.45) is 0 Å². The molecule has 102 valence electrons. The second-order valence-electron chi connectivity index (χ2n) is 4.35. The highest BCUT2D eigenvalue weighted by molar-refractivity contribution is 5.88. The number of rotatable bonds is 3. The highest BCUT2D eigenvalue weighted by atomic mass is 16.4. The largest absolute Gasteiger partial charge is 0.478 e. The summed E-state index contributed by atoms with van der Waals surface area (Å²) in [4.78, 5) is 24.4. The van der Waals surface area contributed by atoms with Gasteiger partial charge in [-0.1, -0.05) is 12.2 Å². The van der Waals surface area contributed by atoms with Crippen LogP contribution in [0.1, 0.15) is 28.3 Å². The lowest BCUT2D eigenvalue weighted by atomic mass is 10.2. The summed E-state index contributed by atoms with van der Waals surface area (Å²) >= 11 is 0. The van der Waals surface area contributed by atoms with Crippen LogP contribution in [-0.2, 0) is 6.54 Å². The van der Waals surface area contributed by atoms with Crippen LogP contribution in [0.2, 0.25) is 0 Å². The van der Waals surface area contributed by atoms with E-state index in [2.05, 4.69) is 5.32 Å². The summed E-state index contributed by atoms with van der Waals surface area (Å²) < 4.78 is 5.29. The molecule has 0 spiro atoms. The number of furan rings is 1. The predicted molar refractivity (Wildman–Crippen MR) is 68.0 cm³/mol. The van der Waals surface area contributed by atoms with Gasteiger partial charge in [0.25, 0.3) is 0 Å². The van der Waals surface area contributed by atoms with Crippen molar-refractivity contribution in [1.29, 1.82) is 0 Å². The Bertz CT molecular complexity index is 519. The summed E-state index contributed by atoms with van der Waals surface area (Å²) in [5, 5.41) is 11.6. The fraction of sp³-hybridized carbons (Fsp3) is 0.385. The zero-order chi connectivity index (χ0) is 13.8. The number of carbonyl (C=O) groups is 2. The van der Waals surface area contributed by atoms with Gasteiger partial charge < -0.3 is 19.7 Å². The highest BCUT2D eigenvalue weighted by Gasteiger charge is 2.16. The average molecular weight is 264 g/mol. The first-order valence-corrected chi connectivity index (χ1v) is 6.08. The van der Waals surface area contributed by atoms with Gasteiger partial charge in [0, 0.05) is 13.1 Å². The number of amides is 2. The van der Waals surface area contributed by atoms with Gasteiger partial charge >= 0.3 is 12.0 Å². The molecule has 2 heterocycles. The van der Waals surface area contributed by atoms with Gasteiger partial charge in [0.1, 0.15) is 17.1 Å². The fourth-order valence-corrected chi connectivity index (χ4v) is 1.94. The standard InChI is InChI=1S/C13H16N2O4/c1-9-11(12(16)17)7-10(19-9)8-14-13(18)15-5-3-2-4-6-15/h2-3,7H,4-6,8H2,1H3,(H,14,18)(H,16,17). The van der Waals surface area contributed by atoms with Crippen LogP contribution in [0.3, 0.4) is 0 Å². The molecule has 2 amide bonds. The molecule has 0 bridgehead atoms. The number of nitrogens with one attached hydrogen (secondary N) is 1. The lowest BCUT2D eigenvalue weighted by Gasteiger charge is -2.23. The number of carbonyl (C=O) groups excluding carboxylic acids is 1. The van der Waals surface area contributed by atoms with Crippen molar-refractivity contribution in [1.82, 2.24) is 10.2 Å². The molecule has 0 fully saturated rings. The van der Waals surface area contributed by atoms with Crippen LogP contribution in [0.4, 0.5) is 4.79 Å². The SMILES string of the molecule is Cc1oc(CNC(=O)N2CC=CCC2)cc1C(=O)O. The van der Waals surface area contributed by atoms with E-state index in [0.717, 1.165) is 6.42 Å². The Morgan fingerprint density at radius 1 is 1.47 bits per heavy atom. The van der Waals surface area contributed by atoms with Crippen LogP contribution in [0.25, 0.3) is 0 Å². The predicted octanol–water partition coefficient (Wildman–Crippen LogP) is 1.76. The number of hydrogen-bond acceptors (Lipinski definition) is 3. The van der Waals surface area contributed by atoms with Crippen LogP contribution >= 0.6 is 0 Å². The van der Waals surface area contributed by atoms with E-state index in [1.165, 1.54) is 6.07 Å². The molecule has 0 saturated heterocycles. The number of hydrogen-bond donors (Lipinski definition) is 2. The van der Waals surface area contributed by atoms with Gasteiger partial charge in [-0.3, -0.25) is 0 Å². The van der Waals surface area contributed by atoms with Gasteiger partial charge in [-0.25, -0.2) is 9.59 Å². The van der Waals surface area contributed by atoms with Crippen molar-refractivity contribution in [3.05, 3.63) is 35.3 Å². The number of nitrogens with zero attached hydrogens (tertiary/aromatic N) is 1. The molecule has 19 heavy (non-hydrogen) atoms. The van der Waals surface area contributed by atoms with E-state index in [0.29, 0.717) is 24.6 Å². The van der Waals surface area contributed by atoms with Gasteiger partial charge in [-0.2, -0.15) is 0 Å². The molecule has 2 N–H and O–H groups in total. The number of aromatic carboxylic acids is 1. The van der Waals surface area contributed by atoms with E-state index in [9.17, 15) is 9.59 Å². The molecule has 0 aromatic carbocycles.